The minimum absolute atomic E-state index is 0.154. The van der Waals surface area contributed by atoms with Crippen molar-refractivity contribution in [3.8, 4) is 11.5 Å². The van der Waals surface area contributed by atoms with Crippen molar-refractivity contribution in [2.45, 2.75) is 51.5 Å². The molecule has 1 aliphatic heterocycles. The third-order valence-electron chi connectivity index (χ3n) is 7.21. The number of hydrogen-bond donors (Lipinski definition) is 1. The van der Waals surface area contributed by atoms with Crippen LogP contribution in [0, 0.1) is 12.8 Å². The molecule has 1 N–H and O–H groups in total. The van der Waals surface area contributed by atoms with Crippen molar-refractivity contribution in [1.82, 2.24) is 10.2 Å². The first kappa shape index (κ1) is 23.4. The average Bonchev–Trinajstić information content (AvgIpc) is 3.65. The van der Waals surface area contributed by atoms with Crippen LogP contribution in [0.2, 0.25) is 0 Å². The Labute approximate surface area is 197 Å². The second kappa shape index (κ2) is 10.0. The molecule has 5 heteroatoms. The summed E-state index contributed by atoms with van der Waals surface area (Å²) < 4.78 is 10.8. The lowest BCUT2D eigenvalue weighted by Crippen LogP contribution is -2.43. The first-order valence-corrected chi connectivity index (χ1v) is 11.9. The fourth-order valence-electron chi connectivity index (χ4n) is 4.89. The smallest absolute Gasteiger partial charge is 0.228 e. The van der Waals surface area contributed by atoms with Gasteiger partial charge in [0, 0.05) is 18.0 Å². The van der Waals surface area contributed by atoms with Crippen molar-refractivity contribution >= 4 is 5.91 Å². The van der Waals surface area contributed by atoms with Crippen LogP contribution in [0.1, 0.15) is 49.3 Å². The van der Waals surface area contributed by atoms with Gasteiger partial charge in [-0.1, -0.05) is 18.2 Å². The number of benzene rings is 2. The van der Waals surface area contributed by atoms with Crippen molar-refractivity contribution in [3.05, 3.63) is 70.9 Å². The van der Waals surface area contributed by atoms with E-state index in [0.717, 1.165) is 42.5 Å². The van der Waals surface area contributed by atoms with Gasteiger partial charge in [-0.3, -0.25) is 4.79 Å². The van der Waals surface area contributed by atoms with Crippen LogP contribution in [-0.2, 0) is 16.8 Å². The number of rotatable bonds is 10. The second-order valence-electron chi connectivity index (χ2n) is 9.52. The summed E-state index contributed by atoms with van der Waals surface area (Å²) in [5.41, 5.74) is 4.37. The number of nitrogens with one attached hydrogen (secondary N) is 1. The van der Waals surface area contributed by atoms with Crippen LogP contribution >= 0.6 is 0 Å². The van der Waals surface area contributed by atoms with E-state index >= 15 is 0 Å². The molecule has 2 aromatic carbocycles. The van der Waals surface area contributed by atoms with E-state index in [0.29, 0.717) is 13.0 Å². The minimum Gasteiger partial charge on any atom is -0.497 e. The molecular weight excluding hydrogens is 412 g/mol. The molecule has 1 amide bonds. The molecule has 0 spiro atoms. The van der Waals surface area contributed by atoms with Crippen LogP contribution < -0.4 is 14.8 Å². The maximum Gasteiger partial charge on any atom is 0.228 e. The van der Waals surface area contributed by atoms with Gasteiger partial charge >= 0.3 is 0 Å². The normalized spacial score (nSPS) is 20.5. The van der Waals surface area contributed by atoms with Crippen molar-refractivity contribution in [2.24, 2.45) is 5.92 Å². The highest BCUT2D eigenvalue weighted by molar-refractivity contribution is 5.82. The van der Waals surface area contributed by atoms with Crippen LogP contribution in [0.15, 0.2) is 54.2 Å². The highest BCUT2D eigenvalue weighted by Gasteiger charge is 2.42. The number of allylic oxidation sites excluding steroid dienone is 1. The highest BCUT2D eigenvalue weighted by Crippen LogP contribution is 2.45. The third kappa shape index (κ3) is 5.25. The molecule has 5 nitrogen and oxygen atoms in total. The number of nitrogens with zero attached hydrogens (tertiary/aromatic N) is 1. The Balaban J connectivity index is 1.62. The monoisotopic (exact) mass is 448 g/mol. The topological polar surface area (TPSA) is 50.8 Å². The molecule has 0 unspecified atom stereocenters. The van der Waals surface area contributed by atoms with E-state index < -0.39 is 0 Å². The molecule has 1 atom stereocenters. The Morgan fingerprint density at radius 2 is 1.73 bits per heavy atom. The molecule has 33 heavy (non-hydrogen) atoms. The van der Waals surface area contributed by atoms with Crippen LogP contribution in [0.3, 0.4) is 0 Å². The Morgan fingerprint density at radius 3 is 2.39 bits per heavy atom. The zero-order valence-corrected chi connectivity index (χ0v) is 20.3. The van der Waals surface area contributed by atoms with Gasteiger partial charge < -0.3 is 19.7 Å². The number of hydrogen-bond acceptors (Lipinski definition) is 4. The number of methoxy groups -OCH3 is 2. The summed E-state index contributed by atoms with van der Waals surface area (Å²) in [5.74, 6) is 2.65. The van der Waals surface area contributed by atoms with Gasteiger partial charge in [-0.25, -0.2) is 0 Å². The third-order valence-corrected chi connectivity index (χ3v) is 7.21. The minimum atomic E-state index is -0.331. The van der Waals surface area contributed by atoms with Crippen molar-refractivity contribution in [3.63, 3.8) is 0 Å². The molecular formula is C28H36N2O3. The van der Waals surface area contributed by atoms with Crippen molar-refractivity contribution in [1.29, 1.82) is 0 Å². The Hall–Kier alpha value is -2.79. The molecule has 2 aromatic rings. The predicted molar refractivity (Wildman–Crippen MR) is 132 cm³/mol. The number of amides is 1. The lowest BCUT2D eigenvalue weighted by Gasteiger charge is -2.42. The molecule has 0 aromatic heterocycles. The molecule has 1 fully saturated rings. The first-order chi connectivity index (χ1) is 15.9. The molecule has 0 radical (unpaired) electrons. The van der Waals surface area contributed by atoms with E-state index in [4.69, 9.17) is 9.47 Å². The van der Waals surface area contributed by atoms with Gasteiger partial charge in [0.1, 0.15) is 11.5 Å². The molecule has 0 bridgehead atoms. The molecule has 176 valence electrons. The quantitative estimate of drug-likeness (QED) is 0.521. The van der Waals surface area contributed by atoms with Gasteiger partial charge in [0.15, 0.2) is 0 Å². The van der Waals surface area contributed by atoms with Gasteiger partial charge in [-0.2, -0.15) is 0 Å². The Morgan fingerprint density at radius 1 is 1.03 bits per heavy atom. The molecule has 1 saturated carbocycles. The van der Waals surface area contributed by atoms with Gasteiger partial charge in [0.05, 0.1) is 20.8 Å². The van der Waals surface area contributed by atoms with E-state index in [2.05, 4.69) is 37.5 Å². The van der Waals surface area contributed by atoms with Crippen LogP contribution in [-0.4, -0.2) is 38.1 Å². The summed E-state index contributed by atoms with van der Waals surface area (Å²) in [6.07, 6.45) is 6.09. The second-order valence-corrected chi connectivity index (χ2v) is 9.52. The predicted octanol–water partition coefficient (Wildman–Crippen LogP) is 4.98. The van der Waals surface area contributed by atoms with Gasteiger partial charge in [-0.05, 0) is 98.6 Å². The fourth-order valence-corrected chi connectivity index (χ4v) is 4.89. The van der Waals surface area contributed by atoms with E-state index in [1.165, 1.54) is 29.5 Å². The molecule has 1 heterocycles. The van der Waals surface area contributed by atoms with Gasteiger partial charge in [0.25, 0.3) is 0 Å². The van der Waals surface area contributed by atoms with Gasteiger partial charge in [0.2, 0.25) is 5.91 Å². The zero-order chi connectivity index (χ0) is 23.4. The molecule has 1 aliphatic carbocycles. The highest BCUT2D eigenvalue weighted by atomic mass is 16.5. The first-order valence-electron chi connectivity index (χ1n) is 11.9. The van der Waals surface area contributed by atoms with Crippen molar-refractivity contribution < 1.29 is 14.3 Å². The summed E-state index contributed by atoms with van der Waals surface area (Å²) >= 11 is 0. The maximum absolute atomic E-state index is 13.5. The lowest BCUT2D eigenvalue weighted by atomic mass is 9.67. The summed E-state index contributed by atoms with van der Waals surface area (Å²) in [6, 6.07) is 14.1. The zero-order valence-electron chi connectivity index (χ0n) is 20.3. The summed E-state index contributed by atoms with van der Waals surface area (Å²) in [6.45, 7) is 6.84. The summed E-state index contributed by atoms with van der Waals surface area (Å²) in [5, 5.41) is 3.64. The van der Waals surface area contributed by atoms with Gasteiger partial charge in [-0.15, -0.1) is 0 Å². The summed E-state index contributed by atoms with van der Waals surface area (Å²) in [7, 11) is 3.36. The fraction of sp³-hybridized carbons (Fsp3) is 0.464. The van der Waals surface area contributed by atoms with Crippen molar-refractivity contribution in [2.75, 3.05) is 27.3 Å². The maximum atomic E-state index is 13.5. The Kier molecular flexibility index (Phi) is 7.08. The number of aryl methyl sites for hydroxylation is 1. The molecule has 2 aliphatic rings. The Bertz CT molecular complexity index is 1010. The molecule has 4 rings (SSSR count). The number of carbonyl (C=O) groups is 1. The van der Waals surface area contributed by atoms with E-state index in [9.17, 15) is 4.79 Å². The van der Waals surface area contributed by atoms with E-state index in [1.54, 1.807) is 14.2 Å². The SMILES string of the molecule is COc1ccc(CN2C=C(C)[C@@](CCNCC3CC3)(c3cc(OC)ccc3C)CC2=O)cc1. The largest absolute Gasteiger partial charge is 0.497 e. The number of carbonyl (C=O) groups excluding carboxylic acids is 1. The summed E-state index contributed by atoms with van der Waals surface area (Å²) in [4.78, 5) is 15.3. The average molecular weight is 449 g/mol. The van der Waals surface area contributed by atoms with Crippen LogP contribution in [0.25, 0.3) is 0 Å². The van der Waals surface area contributed by atoms with E-state index in [1.807, 2.05) is 35.2 Å². The van der Waals surface area contributed by atoms with Crippen LogP contribution in [0.5, 0.6) is 11.5 Å². The lowest BCUT2D eigenvalue weighted by molar-refractivity contribution is -0.131. The molecule has 0 saturated heterocycles. The van der Waals surface area contributed by atoms with Crippen LogP contribution in [0.4, 0.5) is 0 Å². The standard InChI is InChI=1S/C28H36N2O3/c1-20-5-10-25(33-4)15-26(20)28(13-14-29-17-22-6-7-22)16-27(31)30(18-21(28)2)19-23-8-11-24(32-3)12-9-23/h5,8-12,15,18,22,29H,6-7,13-14,16-17,19H2,1-4H3/t28-/m0/s1. The number of ether oxygens (including phenoxy) is 2. The van der Waals surface area contributed by atoms with E-state index in [-0.39, 0.29) is 11.3 Å².